The summed E-state index contributed by atoms with van der Waals surface area (Å²) in [6.45, 7) is 10.6. The van der Waals surface area contributed by atoms with E-state index in [4.69, 9.17) is 9.47 Å². The summed E-state index contributed by atoms with van der Waals surface area (Å²) >= 11 is 3.54. The fourth-order valence-corrected chi connectivity index (χ4v) is 5.63. The van der Waals surface area contributed by atoms with Gasteiger partial charge in [-0.2, -0.15) is 0 Å². The van der Waals surface area contributed by atoms with E-state index < -0.39 is 11.9 Å². The van der Waals surface area contributed by atoms with E-state index in [-0.39, 0.29) is 11.2 Å². The zero-order valence-electron chi connectivity index (χ0n) is 21.2. The van der Waals surface area contributed by atoms with Crippen molar-refractivity contribution in [1.29, 1.82) is 0 Å². The second-order valence-electron chi connectivity index (χ2n) is 10.3. The van der Waals surface area contributed by atoms with E-state index in [0.29, 0.717) is 24.2 Å². The van der Waals surface area contributed by atoms with Crippen LogP contribution in [0.15, 0.2) is 63.4 Å². The van der Waals surface area contributed by atoms with Gasteiger partial charge in [-0.3, -0.25) is 4.79 Å². The summed E-state index contributed by atoms with van der Waals surface area (Å²) in [5.41, 5.74) is 6.74. The molecule has 0 spiro atoms. The van der Waals surface area contributed by atoms with Crippen molar-refractivity contribution in [2.45, 2.75) is 60.0 Å². The number of halogens is 1. The topological polar surface area (TPSA) is 64.6 Å². The predicted molar refractivity (Wildman–Crippen MR) is 140 cm³/mol. The molecule has 0 bridgehead atoms. The van der Waals surface area contributed by atoms with Crippen LogP contribution in [0.5, 0.6) is 5.75 Å². The third kappa shape index (κ3) is 4.94. The Hall–Kier alpha value is -2.86. The monoisotopic (exact) mass is 537 g/mol. The van der Waals surface area contributed by atoms with Crippen LogP contribution < -0.4 is 10.1 Å². The molecule has 1 heterocycles. The van der Waals surface area contributed by atoms with Crippen molar-refractivity contribution < 1.29 is 19.1 Å². The molecule has 2 aromatic carbocycles. The van der Waals surface area contributed by atoms with Gasteiger partial charge in [-0.1, -0.05) is 38.1 Å². The number of esters is 1. The van der Waals surface area contributed by atoms with Gasteiger partial charge in [0.05, 0.1) is 17.2 Å². The molecule has 2 aliphatic rings. The lowest BCUT2D eigenvalue weighted by Gasteiger charge is -2.39. The molecule has 35 heavy (non-hydrogen) atoms. The van der Waals surface area contributed by atoms with Crippen LogP contribution in [0.4, 0.5) is 0 Å². The minimum atomic E-state index is -0.481. The number of para-hydroxylation sites is 1. The molecule has 0 aromatic heterocycles. The molecule has 5 nitrogen and oxygen atoms in total. The summed E-state index contributed by atoms with van der Waals surface area (Å²) in [5.74, 6) is -0.0644. The Kier molecular flexibility index (Phi) is 6.96. The van der Waals surface area contributed by atoms with Crippen LogP contribution in [0.2, 0.25) is 0 Å². The maximum Gasteiger partial charge on any atom is 0.336 e. The van der Waals surface area contributed by atoms with Crippen molar-refractivity contribution in [1.82, 2.24) is 5.32 Å². The van der Waals surface area contributed by atoms with Gasteiger partial charge in [-0.25, -0.2) is 4.79 Å². The molecule has 1 N–H and O–H groups in total. The molecular weight excluding hydrogens is 506 g/mol. The first-order chi connectivity index (χ1) is 16.5. The molecule has 0 saturated heterocycles. The molecular formula is C29H32BrNO4. The van der Waals surface area contributed by atoms with Crippen LogP contribution in [0, 0.1) is 19.3 Å². The van der Waals surface area contributed by atoms with E-state index in [2.05, 4.69) is 54.2 Å². The van der Waals surface area contributed by atoms with Gasteiger partial charge in [-0.15, -0.1) is 0 Å². The number of dihydropyridines is 1. The molecule has 4 rings (SSSR count). The molecule has 0 saturated carbocycles. The molecule has 1 aliphatic carbocycles. The Morgan fingerprint density at radius 1 is 1.11 bits per heavy atom. The molecule has 2 aromatic rings. The Bertz CT molecular complexity index is 1270. The first kappa shape index (κ1) is 25.2. The molecule has 184 valence electrons. The number of carbonyl (C=O) groups is 2. The highest BCUT2D eigenvalue weighted by molar-refractivity contribution is 9.10. The normalized spacial score (nSPS) is 19.3. The first-order valence-corrected chi connectivity index (χ1v) is 12.6. The summed E-state index contributed by atoms with van der Waals surface area (Å²) < 4.78 is 12.2. The number of nitrogens with one attached hydrogen (secondary N) is 1. The lowest BCUT2D eigenvalue weighted by atomic mass is 9.68. The Morgan fingerprint density at radius 3 is 2.51 bits per heavy atom. The average Bonchev–Trinajstić information content (AvgIpc) is 2.77. The van der Waals surface area contributed by atoms with Crippen LogP contribution in [0.1, 0.15) is 61.8 Å². The maximum atomic E-state index is 13.5. The summed E-state index contributed by atoms with van der Waals surface area (Å²) in [5, 5.41) is 3.38. The number of hydrogen-bond acceptors (Lipinski definition) is 5. The zero-order valence-corrected chi connectivity index (χ0v) is 22.8. The van der Waals surface area contributed by atoms with Crippen molar-refractivity contribution in [3.63, 3.8) is 0 Å². The molecule has 0 amide bonds. The van der Waals surface area contributed by atoms with E-state index in [1.807, 2.05) is 38.1 Å². The SMILES string of the molecule is COC(=O)C1=C(C)NC2=C(C(=O)CC(C)(C)C2)C1c1cc(COc2ccccc2Br)c(C)cc1C. The highest BCUT2D eigenvalue weighted by Gasteiger charge is 2.43. The van der Waals surface area contributed by atoms with Crippen LogP contribution in [-0.2, 0) is 20.9 Å². The number of Topliss-reactive ketones (excluding diaryl/α,β-unsaturated/α-hetero) is 1. The minimum absolute atomic E-state index is 0.0774. The smallest absolute Gasteiger partial charge is 0.336 e. The van der Waals surface area contributed by atoms with E-state index >= 15 is 0 Å². The van der Waals surface area contributed by atoms with Crippen molar-refractivity contribution in [3.8, 4) is 5.75 Å². The van der Waals surface area contributed by atoms with Crippen molar-refractivity contribution in [2.75, 3.05) is 7.11 Å². The molecule has 1 aliphatic heterocycles. The zero-order chi connectivity index (χ0) is 25.5. The van der Waals surface area contributed by atoms with E-state index in [0.717, 1.165) is 50.3 Å². The standard InChI is InChI=1S/C29H32BrNO4/c1-16-11-17(2)20(12-19(16)15-35-24-10-8-7-9-21(24)30)26-25(28(33)34-6)18(3)31-22-13-29(4,5)14-23(32)27(22)26/h7-12,26,31H,13-15H2,1-6H3. The van der Waals surface area contributed by atoms with Gasteiger partial charge in [0.2, 0.25) is 0 Å². The van der Waals surface area contributed by atoms with Crippen molar-refractivity contribution in [3.05, 3.63) is 85.7 Å². The third-order valence-corrected chi connectivity index (χ3v) is 7.56. The van der Waals surface area contributed by atoms with Crippen LogP contribution in [0.25, 0.3) is 0 Å². The number of methoxy groups -OCH3 is 1. The first-order valence-electron chi connectivity index (χ1n) is 11.8. The fourth-order valence-electron chi connectivity index (χ4n) is 5.23. The second kappa shape index (κ2) is 9.65. The summed E-state index contributed by atoms with van der Waals surface area (Å²) in [6.07, 6.45) is 1.19. The number of ketones is 1. The van der Waals surface area contributed by atoms with Gasteiger partial charge < -0.3 is 14.8 Å². The Morgan fingerprint density at radius 2 is 1.83 bits per heavy atom. The molecule has 0 radical (unpaired) electrons. The molecule has 0 fully saturated rings. The van der Waals surface area contributed by atoms with Gasteiger partial charge in [0, 0.05) is 29.3 Å². The number of ether oxygens (including phenoxy) is 2. The van der Waals surface area contributed by atoms with E-state index in [1.165, 1.54) is 7.11 Å². The van der Waals surface area contributed by atoms with Crippen LogP contribution >= 0.6 is 15.9 Å². The lowest BCUT2D eigenvalue weighted by Crippen LogP contribution is -2.38. The van der Waals surface area contributed by atoms with E-state index in [1.54, 1.807) is 0 Å². The highest BCUT2D eigenvalue weighted by Crippen LogP contribution is 2.47. The van der Waals surface area contributed by atoms with Crippen LogP contribution in [-0.4, -0.2) is 18.9 Å². The van der Waals surface area contributed by atoms with Crippen molar-refractivity contribution >= 4 is 27.7 Å². The number of hydrogen-bond donors (Lipinski definition) is 1. The molecule has 1 unspecified atom stereocenters. The van der Waals surface area contributed by atoms with Crippen LogP contribution in [0.3, 0.4) is 0 Å². The largest absolute Gasteiger partial charge is 0.488 e. The molecule has 6 heteroatoms. The van der Waals surface area contributed by atoms with Crippen molar-refractivity contribution in [2.24, 2.45) is 5.41 Å². The Labute approximate surface area is 215 Å². The average molecular weight is 538 g/mol. The van der Waals surface area contributed by atoms with Gasteiger partial charge in [0.1, 0.15) is 12.4 Å². The maximum absolute atomic E-state index is 13.5. The second-order valence-corrected chi connectivity index (χ2v) is 11.1. The molecule has 1 atom stereocenters. The number of carbonyl (C=O) groups excluding carboxylic acids is 2. The third-order valence-electron chi connectivity index (χ3n) is 6.90. The predicted octanol–water partition coefficient (Wildman–Crippen LogP) is 6.42. The van der Waals surface area contributed by atoms with Gasteiger partial charge in [0.25, 0.3) is 0 Å². The number of allylic oxidation sites excluding steroid dienone is 3. The number of rotatable bonds is 5. The van der Waals surface area contributed by atoms with Gasteiger partial charge in [0.15, 0.2) is 5.78 Å². The van der Waals surface area contributed by atoms with Gasteiger partial charge >= 0.3 is 5.97 Å². The fraction of sp³-hybridized carbons (Fsp3) is 0.379. The number of aryl methyl sites for hydroxylation is 2. The summed E-state index contributed by atoms with van der Waals surface area (Å²) in [6, 6.07) is 11.9. The summed E-state index contributed by atoms with van der Waals surface area (Å²) in [7, 11) is 1.38. The lowest BCUT2D eigenvalue weighted by molar-refractivity contribution is -0.136. The number of benzene rings is 2. The van der Waals surface area contributed by atoms with E-state index in [9.17, 15) is 9.59 Å². The quantitative estimate of drug-likeness (QED) is 0.445. The van der Waals surface area contributed by atoms with Gasteiger partial charge in [-0.05, 0) is 82.9 Å². The highest BCUT2D eigenvalue weighted by atomic mass is 79.9. The minimum Gasteiger partial charge on any atom is -0.488 e. The Balaban J connectivity index is 1.83. The summed E-state index contributed by atoms with van der Waals surface area (Å²) in [4.78, 5) is 26.5.